The van der Waals surface area contributed by atoms with E-state index in [1.807, 2.05) is 0 Å². The second-order valence-electron chi connectivity index (χ2n) is 1.77. The van der Waals surface area contributed by atoms with E-state index in [0.717, 1.165) is 0 Å². The Balaban J connectivity index is -0.0000000875. The summed E-state index contributed by atoms with van der Waals surface area (Å²) in [5, 5.41) is 0. The molecule has 3 heteroatoms. The van der Waals surface area contributed by atoms with Crippen LogP contribution in [0, 0.1) is 13.3 Å². The van der Waals surface area contributed by atoms with Crippen LogP contribution in [-0.2, 0) is 26.1 Å². The average molecular weight is 185 g/mol. The minimum absolute atomic E-state index is 0. The predicted octanol–water partition coefficient (Wildman–Crippen LogP) is 1.87. The van der Waals surface area contributed by atoms with Crippen LogP contribution >= 0.6 is 0 Å². The maximum atomic E-state index is 7.50. The summed E-state index contributed by atoms with van der Waals surface area (Å²) in [5.74, 6) is 0. The van der Waals surface area contributed by atoms with Crippen LogP contribution in [0.4, 0.5) is 0 Å². The predicted molar refractivity (Wildman–Crippen MR) is 30.9 cm³/mol. The van der Waals surface area contributed by atoms with Crippen molar-refractivity contribution in [3.8, 4) is 0 Å². The molecule has 0 unspecified atom stereocenters. The molecule has 0 amide bonds. The van der Waals surface area contributed by atoms with Crippen LogP contribution in [0.25, 0.3) is 0 Å². The van der Waals surface area contributed by atoms with E-state index in [-0.39, 0.29) is 16.8 Å². The van der Waals surface area contributed by atoms with E-state index >= 15 is 0 Å². The zero-order valence-corrected chi connectivity index (χ0v) is 6.73. The minimum Gasteiger partial charge on any atom is 0 e. The molecule has 0 N–H and O–H groups in total. The monoisotopic (exact) mass is 185 g/mol. The van der Waals surface area contributed by atoms with Crippen LogP contribution in [0.1, 0.15) is 32.1 Å². The van der Waals surface area contributed by atoms with E-state index in [2.05, 4.69) is 13.3 Å². The van der Waals surface area contributed by atoms with Crippen LogP contribution in [0.15, 0.2) is 0 Å². The van der Waals surface area contributed by atoms with Crippen LogP contribution in [0.2, 0.25) is 0 Å². The van der Waals surface area contributed by atoms with Crippen molar-refractivity contribution in [1.82, 2.24) is 0 Å². The molecule has 0 saturated heterocycles. The van der Waals surface area contributed by atoms with E-state index in [1.165, 1.54) is 32.1 Å². The minimum atomic E-state index is 0. The first kappa shape index (κ1) is 16.5. The van der Waals surface area contributed by atoms with Gasteiger partial charge in [-0.25, -0.2) is 0 Å². The Kier molecular flexibility index (Phi) is 38.1. The number of hydrogen-bond acceptors (Lipinski definition) is 0. The standard InChI is InChI=1S/C5H10.2CO.Co/c1-2-4-5-3-1;2*1-2;/h1-5H2;;;. The van der Waals surface area contributed by atoms with E-state index in [1.54, 1.807) is 0 Å². The van der Waals surface area contributed by atoms with Crippen molar-refractivity contribution in [3.05, 3.63) is 13.3 Å². The van der Waals surface area contributed by atoms with Gasteiger partial charge in [0, 0.05) is 16.8 Å². The Labute approximate surface area is 72.0 Å². The molecule has 1 fully saturated rings. The quantitative estimate of drug-likeness (QED) is 0.408. The van der Waals surface area contributed by atoms with Crippen molar-refractivity contribution in [2.45, 2.75) is 32.1 Å². The van der Waals surface area contributed by atoms with Crippen molar-refractivity contribution in [3.63, 3.8) is 0 Å². The molecule has 0 aromatic heterocycles. The molecule has 0 aromatic carbocycles. The second-order valence-corrected chi connectivity index (χ2v) is 1.77. The smallest absolute Gasteiger partial charge is 0 e. The topological polar surface area (TPSA) is 39.8 Å². The maximum absolute atomic E-state index is 7.50. The summed E-state index contributed by atoms with van der Waals surface area (Å²) in [5.41, 5.74) is 0. The molecular weight excluding hydrogens is 175 g/mol. The fraction of sp³-hybridized carbons (Fsp3) is 0.714. The molecule has 59 valence electrons. The molecule has 1 rings (SSSR count). The SMILES string of the molecule is C1CCCC1.[C-]#[O+].[C-]#[O+].[Co]. The van der Waals surface area contributed by atoms with E-state index in [0.29, 0.717) is 0 Å². The molecule has 10 heavy (non-hydrogen) atoms. The molecule has 1 saturated carbocycles. The molecule has 0 spiro atoms. The van der Waals surface area contributed by atoms with Gasteiger partial charge in [0.2, 0.25) is 0 Å². The Bertz CT molecular complexity index is 60.6. The molecule has 1 aliphatic carbocycles. The molecule has 0 heterocycles. The molecule has 2 nitrogen and oxygen atoms in total. The molecular formula is C7H10CoO2. The first-order chi connectivity index (χ1) is 4.50. The fourth-order valence-electron chi connectivity index (χ4n) is 0.884. The first-order valence-electron chi connectivity index (χ1n) is 2.91. The summed E-state index contributed by atoms with van der Waals surface area (Å²) < 4.78 is 15.0. The van der Waals surface area contributed by atoms with Crippen molar-refractivity contribution in [1.29, 1.82) is 0 Å². The number of rotatable bonds is 0. The Hall–Kier alpha value is -0.0135. The van der Waals surface area contributed by atoms with Crippen molar-refractivity contribution in [2.24, 2.45) is 0 Å². The number of hydrogen-bond donors (Lipinski definition) is 0. The van der Waals surface area contributed by atoms with E-state index < -0.39 is 0 Å². The summed E-state index contributed by atoms with van der Waals surface area (Å²) in [6.07, 6.45) is 7.50. The second kappa shape index (κ2) is 23.1. The molecule has 0 aliphatic heterocycles. The van der Waals surface area contributed by atoms with E-state index in [9.17, 15) is 0 Å². The molecule has 0 bridgehead atoms. The van der Waals surface area contributed by atoms with Crippen LogP contribution in [0.5, 0.6) is 0 Å². The Morgan fingerprint density at radius 1 is 0.600 bits per heavy atom. The van der Waals surface area contributed by atoms with Gasteiger partial charge in [-0.05, 0) is 0 Å². The summed E-state index contributed by atoms with van der Waals surface area (Å²) in [6.45, 7) is 9.00. The molecule has 1 aliphatic rings. The molecule has 0 atom stereocenters. The van der Waals surface area contributed by atoms with Gasteiger partial charge in [0.15, 0.2) is 0 Å². The third-order valence-electron chi connectivity index (χ3n) is 1.25. The third-order valence-corrected chi connectivity index (χ3v) is 1.25. The van der Waals surface area contributed by atoms with Crippen LogP contribution in [0.3, 0.4) is 0 Å². The zero-order chi connectivity index (χ0) is 7.54. The first-order valence-corrected chi connectivity index (χ1v) is 2.91. The van der Waals surface area contributed by atoms with Crippen molar-refractivity contribution in [2.75, 3.05) is 0 Å². The summed E-state index contributed by atoms with van der Waals surface area (Å²) in [4.78, 5) is 0. The van der Waals surface area contributed by atoms with Gasteiger partial charge in [-0.3, -0.25) is 0 Å². The van der Waals surface area contributed by atoms with Gasteiger partial charge in [0.25, 0.3) is 0 Å². The largest absolute Gasteiger partial charge is 0 e. The average Bonchev–Trinajstić information content (AvgIpc) is 2.51. The van der Waals surface area contributed by atoms with E-state index in [4.69, 9.17) is 9.30 Å². The Morgan fingerprint density at radius 2 is 0.700 bits per heavy atom. The summed E-state index contributed by atoms with van der Waals surface area (Å²) >= 11 is 0. The summed E-state index contributed by atoms with van der Waals surface area (Å²) in [6, 6.07) is 0. The fourth-order valence-corrected chi connectivity index (χ4v) is 0.884. The normalized spacial score (nSPS) is 12.4. The Morgan fingerprint density at radius 3 is 0.800 bits per heavy atom. The van der Waals surface area contributed by atoms with Gasteiger partial charge < -0.3 is 0 Å². The van der Waals surface area contributed by atoms with Gasteiger partial charge in [-0.2, -0.15) is 0 Å². The third kappa shape index (κ3) is 15.7. The molecule has 1 radical (unpaired) electrons. The van der Waals surface area contributed by atoms with Gasteiger partial charge in [-0.1, -0.05) is 32.1 Å². The maximum Gasteiger partial charge on any atom is 0 e. The van der Waals surface area contributed by atoms with Crippen molar-refractivity contribution < 1.29 is 26.1 Å². The van der Waals surface area contributed by atoms with Crippen LogP contribution < -0.4 is 0 Å². The zero-order valence-electron chi connectivity index (χ0n) is 5.69. The van der Waals surface area contributed by atoms with Crippen LogP contribution in [-0.4, -0.2) is 0 Å². The van der Waals surface area contributed by atoms with Gasteiger partial charge in [0.05, 0.1) is 0 Å². The van der Waals surface area contributed by atoms with Gasteiger partial charge >= 0.3 is 22.6 Å². The van der Waals surface area contributed by atoms with Gasteiger partial charge in [0.1, 0.15) is 0 Å². The molecule has 0 aromatic rings. The summed E-state index contributed by atoms with van der Waals surface area (Å²) in [7, 11) is 0. The van der Waals surface area contributed by atoms with Gasteiger partial charge in [-0.15, -0.1) is 0 Å². The van der Waals surface area contributed by atoms with Crippen molar-refractivity contribution >= 4 is 0 Å².